The molecule has 0 atom stereocenters. The zero-order chi connectivity index (χ0) is 16.2. The van der Waals surface area contributed by atoms with Crippen LogP contribution in [0, 0.1) is 30.6 Å². The largest absolute Gasteiger partial charge is 2.00 e. The summed E-state index contributed by atoms with van der Waals surface area (Å²) in [4.78, 5) is 16.5. The van der Waals surface area contributed by atoms with Crippen molar-refractivity contribution in [2.75, 3.05) is 0 Å². The van der Waals surface area contributed by atoms with Gasteiger partial charge < -0.3 is 48.9 Å². The minimum atomic E-state index is -5.17. The van der Waals surface area contributed by atoms with E-state index in [0.29, 0.717) is 0 Å². The maximum Gasteiger partial charge on any atom is 2.00 e. The van der Waals surface area contributed by atoms with E-state index in [9.17, 15) is 0 Å². The Balaban J connectivity index is -0.0000000239. The predicted molar refractivity (Wildman–Crippen MR) is 41.7 cm³/mol. The third-order valence-electron chi connectivity index (χ3n) is 0. The summed E-state index contributed by atoms with van der Waals surface area (Å²) >= 11 is 0. The molecule has 0 unspecified atom stereocenters. The number of rotatable bonds is 0. The molecule has 0 amide bonds. The minimum absolute atomic E-state index is 0. The fraction of sp³-hybridized carbons (Fsp3) is 0. The van der Waals surface area contributed by atoms with Crippen molar-refractivity contribution >= 4 is 20.8 Å². The monoisotopic (exact) mass is 481 g/mol. The molecular formula is Mn3N2O14S2. The van der Waals surface area contributed by atoms with E-state index in [1.54, 1.807) is 0 Å². The first kappa shape index (κ1) is 42.8. The average Bonchev–Trinajstić information content (AvgIpc) is 1.70. The van der Waals surface area contributed by atoms with Crippen LogP contribution in [0.15, 0.2) is 0 Å². The summed E-state index contributed by atoms with van der Waals surface area (Å²) in [6.07, 6.45) is 0. The van der Waals surface area contributed by atoms with E-state index in [2.05, 4.69) is 0 Å². The van der Waals surface area contributed by atoms with Gasteiger partial charge in [-0.1, -0.05) is 0 Å². The predicted octanol–water partition coefficient (Wildman–Crippen LogP) is -3.16. The molecule has 21 heavy (non-hydrogen) atoms. The van der Waals surface area contributed by atoms with Crippen molar-refractivity contribution in [3.05, 3.63) is 30.6 Å². The van der Waals surface area contributed by atoms with Crippen LogP contribution in [0.4, 0.5) is 0 Å². The van der Waals surface area contributed by atoms with Crippen molar-refractivity contribution in [3.63, 3.8) is 0 Å². The third kappa shape index (κ3) is 67900. The van der Waals surface area contributed by atoms with Crippen LogP contribution in [0.5, 0.6) is 0 Å². The Morgan fingerprint density at radius 1 is 0.524 bits per heavy atom. The van der Waals surface area contributed by atoms with Crippen LogP contribution in [-0.2, 0) is 72.0 Å². The van der Waals surface area contributed by atoms with Crippen molar-refractivity contribution in [1.29, 1.82) is 0 Å². The second-order valence-electron chi connectivity index (χ2n) is 1.26. The minimum Gasteiger partial charge on any atom is -0.759 e. The van der Waals surface area contributed by atoms with Gasteiger partial charge in [-0.25, -0.2) is 0 Å². The molecule has 0 aliphatic heterocycles. The molecule has 0 aromatic carbocycles. The zero-order valence-electron chi connectivity index (χ0n) is 8.56. The van der Waals surface area contributed by atoms with Crippen LogP contribution in [0.1, 0.15) is 0 Å². The Bertz CT molecular complexity index is 357. The molecule has 0 saturated heterocycles. The topological polar surface area (TPSA) is 293 Å². The summed E-state index contributed by atoms with van der Waals surface area (Å²) in [5, 5.41) is 29.5. The molecule has 3 radical (unpaired) electrons. The van der Waals surface area contributed by atoms with Crippen LogP contribution in [-0.4, -0.2) is 45.2 Å². The van der Waals surface area contributed by atoms with Gasteiger partial charge >= 0.3 is 51.2 Å². The molecule has 0 aliphatic carbocycles. The molecule has 0 aromatic rings. The Hall–Kier alpha value is -0.302. The number of hydrogen-bond donors (Lipinski definition) is 0. The van der Waals surface area contributed by atoms with Crippen molar-refractivity contribution in [1.82, 2.24) is 0 Å². The summed E-state index contributed by atoms with van der Waals surface area (Å²) in [7, 11) is -10.3. The standard InChI is InChI=1S/3Mn.2NO3.2H2O4S/c;;;2*2-1(3)4;2*1-5(2,3)4/h;;;;;2*(H2,1,2,3,4)/q3*+2;2*-1;;/p-4. The van der Waals surface area contributed by atoms with Gasteiger partial charge in [-0.3, -0.25) is 16.8 Å². The number of hydrogen-bond acceptors (Lipinski definition) is 14. The Morgan fingerprint density at radius 2 is 0.524 bits per heavy atom. The summed E-state index contributed by atoms with van der Waals surface area (Å²) < 4.78 is 68.2. The second kappa shape index (κ2) is 22.0. The fourth-order valence-corrected chi connectivity index (χ4v) is 0. The van der Waals surface area contributed by atoms with Crippen LogP contribution in [0.25, 0.3) is 0 Å². The molecule has 0 fully saturated rings. The molecule has 0 rings (SSSR count). The van der Waals surface area contributed by atoms with E-state index in [0.717, 1.165) is 0 Å². The van der Waals surface area contributed by atoms with E-state index in [1.807, 2.05) is 0 Å². The van der Waals surface area contributed by atoms with Crippen LogP contribution >= 0.6 is 0 Å². The Kier molecular flexibility index (Phi) is 44.8. The zero-order valence-corrected chi connectivity index (χ0v) is 13.7. The van der Waals surface area contributed by atoms with Gasteiger partial charge in [-0.2, -0.15) is 0 Å². The second-order valence-corrected chi connectivity index (χ2v) is 2.90. The molecule has 0 N–H and O–H groups in total. The third-order valence-corrected chi connectivity index (χ3v) is 0. The van der Waals surface area contributed by atoms with Gasteiger partial charge in [-0.05, 0) is 0 Å². The van der Waals surface area contributed by atoms with Crippen LogP contribution in [0.2, 0.25) is 0 Å². The SMILES string of the molecule is O=S(=O)([O-])[O-].O=S(=O)([O-])[O-].O=[N+]([O-])[O-].O=[N+]([O-])[O-].[Mn+2].[Mn+2].[Mn+2]. The molecule has 0 aliphatic rings. The van der Waals surface area contributed by atoms with Gasteiger partial charge in [0.2, 0.25) is 0 Å². The smallest absolute Gasteiger partial charge is 0.759 e. The van der Waals surface area contributed by atoms with Gasteiger partial charge in [0.1, 0.15) is 0 Å². The van der Waals surface area contributed by atoms with E-state index < -0.39 is 31.0 Å². The van der Waals surface area contributed by atoms with Gasteiger partial charge in [0.25, 0.3) is 0 Å². The van der Waals surface area contributed by atoms with Crippen molar-refractivity contribution in [2.24, 2.45) is 0 Å². The Labute approximate surface area is 147 Å². The van der Waals surface area contributed by atoms with E-state index in [-0.39, 0.29) is 51.2 Å². The maximum absolute atomic E-state index is 8.52. The number of nitrogens with zero attached hydrogens (tertiary/aromatic N) is 2. The molecule has 0 spiro atoms. The first-order valence-electron chi connectivity index (χ1n) is 2.43. The van der Waals surface area contributed by atoms with Gasteiger partial charge in [0.15, 0.2) is 0 Å². The van der Waals surface area contributed by atoms with Gasteiger partial charge in [-0.15, -0.1) is 0 Å². The first-order chi connectivity index (χ1) is 7.46. The molecular weight excluding hydrogens is 481 g/mol. The summed E-state index contributed by atoms with van der Waals surface area (Å²) in [5.74, 6) is 0. The average molecular weight is 481 g/mol. The molecule has 16 nitrogen and oxygen atoms in total. The molecule has 0 saturated carbocycles. The quantitative estimate of drug-likeness (QED) is 0.108. The maximum atomic E-state index is 8.52. The molecule has 21 heteroatoms. The summed E-state index contributed by atoms with van der Waals surface area (Å²) in [6.45, 7) is 0. The summed E-state index contributed by atoms with van der Waals surface area (Å²) in [5.41, 5.74) is 0. The Morgan fingerprint density at radius 3 is 0.524 bits per heavy atom. The molecule has 0 heterocycles. The van der Waals surface area contributed by atoms with Crippen LogP contribution < -0.4 is 0 Å². The van der Waals surface area contributed by atoms with E-state index in [1.165, 1.54) is 0 Å². The first-order valence-corrected chi connectivity index (χ1v) is 5.10. The molecule has 0 bridgehead atoms. The van der Waals surface area contributed by atoms with Crippen molar-refractivity contribution in [2.45, 2.75) is 0 Å². The van der Waals surface area contributed by atoms with Crippen molar-refractivity contribution in [3.8, 4) is 0 Å². The van der Waals surface area contributed by atoms with Crippen molar-refractivity contribution < 1.29 is 96.4 Å². The van der Waals surface area contributed by atoms with E-state index in [4.69, 9.17) is 65.7 Å². The van der Waals surface area contributed by atoms with Gasteiger partial charge in [0, 0.05) is 20.8 Å². The molecule has 127 valence electrons. The van der Waals surface area contributed by atoms with E-state index >= 15 is 0 Å². The normalized spacial score (nSPS) is 7.81. The fourth-order valence-electron chi connectivity index (χ4n) is 0. The van der Waals surface area contributed by atoms with Gasteiger partial charge in [0.05, 0.1) is 10.2 Å². The molecule has 0 aromatic heterocycles. The van der Waals surface area contributed by atoms with Crippen LogP contribution in [0.3, 0.4) is 0 Å². The summed E-state index contributed by atoms with van der Waals surface area (Å²) in [6, 6.07) is 0.